The third-order valence-corrected chi connectivity index (χ3v) is 2.79. The molecule has 88 valence electrons. The van der Waals surface area contributed by atoms with Gasteiger partial charge in [-0.15, -0.1) is 0 Å². The summed E-state index contributed by atoms with van der Waals surface area (Å²) in [6, 6.07) is 4.92. The van der Waals surface area contributed by atoms with Gasteiger partial charge in [-0.3, -0.25) is 5.14 Å². The van der Waals surface area contributed by atoms with E-state index in [1.54, 1.807) is 18.2 Å². The molecule has 16 heavy (non-hydrogen) atoms. The first-order chi connectivity index (χ1) is 7.69. The monoisotopic (exact) mass is 240 g/mol. The van der Waals surface area contributed by atoms with Gasteiger partial charge in [0.05, 0.1) is 5.56 Å². The van der Waals surface area contributed by atoms with Crippen molar-refractivity contribution in [3.8, 4) is 0 Å². The summed E-state index contributed by atoms with van der Waals surface area (Å²) in [6.45, 7) is 2.99. The summed E-state index contributed by atoms with van der Waals surface area (Å²) in [4.78, 5) is 11.5. The number of nitrogens with two attached hydrogens (primary N) is 1. The first-order valence-corrected chi connectivity index (χ1v) is 6.05. The lowest BCUT2D eigenvalue weighted by atomic mass is 10.2. The number of hydrogen-bond acceptors (Lipinski definition) is 4. The number of aromatic carboxylic acids is 1. The predicted molar refractivity (Wildman–Crippen MR) is 66.8 cm³/mol. The van der Waals surface area contributed by atoms with Gasteiger partial charge >= 0.3 is 5.97 Å². The van der Waals surface area contributed by atoms with E-state index in [1.165, 1.54) is 0 Å². The van der Waals surface area contributed by atoms with Gasteiger partial charge in [-0.2, -0.15) is 0 Å². The summed E-state index contributed by atoms with van der Waals surface area (Å²) in [5.41, 5.74) is 1.15. The zero-order valence-corrected chi connectivity index (χ0v) is 10.0. The Bertz CT molecular complexity index is 369. The van der Waals surface area contributed by atoms with E-state index in [9.17, 15) is 4.79 Å². The Morgan fingerprint density at radius 3 is 2.88 bits per heavy atom. The summed E-state index contributed by atoms with van der Waals surface area (Å²) >= 11 is 1.06. The Balaban J connectivity index is 2.80. The molecule has 1 aromatic rings. The van der Waals surface area contributed by atoms with E-state index in [0.29, 0.717) is 0 Å². The van der Waals surface area contributed by atoms with Crippen molar-refractivity contribution < 1.29 is 9.90 Å². The largest absolute Gasteiger partial charge is 0.478 e. The zero-order chi connectivity index (χ0) is 12.0. The van der Waals surface area contributed by atoms with E-state index < -0.39 is 5.97 Å². The molecule has 0 amide bonds. The number of hydrogen-bond donors (Lipinski definition) is 3. The molecule has 1 aromatic carbocycles. The van der Waals surface area contributed by atoms with Crippen molar-refractivity contribution in [2.75, 3.05) is 11.9 Å². The Morgan fingerprint density at radius 2 is 2.31 bits per heavy atom. The van der Waals surface area contributed by atoms with Crippen LogP contribution in [0.3, 0.4) is 0 Å². The standard InChI is InChI=1S/C11H16N2O2S/c1-2-3-6-13-9-5-4-8(11(14)15)7-10(9)16-12/h4-5,7,13H,2-3,6,12H2,1H3,(H,14,15). The van der Waals surface area contributed by atoms with Gasteiger partial charge in [0.1, 0.15) is 0 Å². The molecule has 1 rings (SSSR count). The molecule has 0 aromatic heterocycles. The van der Waals surface area contributed by atoms with Crippen molar-refractivity contribution in [2.45, 2.75) is 24.7 Å². The molecule has 0 saturated carbocycles. The summed E-state index contributed by atoms with van der Waals surface area (Å²) in [6.07, 6.45) is 2.20. The summed E-state index contributed by atoms with van der Waals surface area (Å²) in [5, 5.41) is 17.6. The highest BCUT2D eigenvalue weighted by molar-refractivity contribution is 7.97. The number of nitrogens with one attached hydrogen (secondary N) is 1. The smallest absolute Gasteiger partial charge is 0.335 e. The second-order valence-electron chi connectivity index (χ2n) is 3.41. The third kappa shape index (κ3) is 3.43. The number of carboxylic acid groups (broad SMARTS) is 1. The second-order valence-corrected chi connectivity index (χ2v) is 4.09. The van der Waals surface area contributed by atoms with Crippen LogP contribution in [-0.4, -0.2) is 17.6 Å². The van der Waals surface area contributed by atoms with Crippen LogP contribution in [0.15, 0.2) is 23.1 Å². The molecule has 0 fully saturated rings. The minimum absolute atomic E-state index is 0.258. The van der Waals surface area contributed by atoms with Gasteiger partial charge < -0.3 is 10.4 Å². The van der Waals surface area contributed by atoms with Crippen molar-refractivity contribution in [2.24, 2.45) is 5.14 Å². The van der Waals surface area contributed by atoms with E-state index in [2.05, 4.69) is 12.2 Å². The van der Waals surface area contributed by atoms with Crippen molar-refractivity contribution in [1.29, 1.82) is 0 Å². The Morgan fingerprint density at radius 1 is 1.56 bits per heavy atom. The van der Waals surface area contributed by atoms with Crippen molar-refractivity contribution in [1.82, 2.24) is 0 Å². The highest BCUT2D eigenvalue weighted by Gasteiger charge is 2.07. The maximum absolute atomic E-state index is 10.8. The number of anilines is 1. The molecule has 5 heteroatoms. The first-order valence-electron chi connectivity index (χ1n) is 5.17. The van der Waals surface area contributed by atoms with Crippen molar-refractivity contribution >= 4 is 23.6 Å². The molecule has 0 aliphatic carbocycles. The van der Waals surface area contributed by atoms with E-state index >= 15 is 0 Å². The molecule has 4 N–H and O–H groups in total. The van der Waals surface area contributed by atoms with Crippen molar-refractivity contribution in [3.05, 3.63) is 23.8 Å². The molecular weight excluding hydrogens is 224 g/mol. The maximum atomic E-state index is 10.8. The van der Waals surface area contributed by atoms with Crippen LogP contribution >= 0.6 is 11.9 Å². The first kappa shape index (κ1) is 12.9. The molecule has 0 atom stereocenters. The maximum Gasteiger partial charge on any atom is 0.335 e. The average molecular weight is 240 g/mol. The van der Waals surface area contributed by atoms with Gasteiger partial charge in [0.25, 0.3) is 0 Å². The minimum Gasteiger partial charge on any atom is -0.478 e. The minimum atomic E-state index is -0.935. The van der Waals surface area contributed by atoms with Gasteiger partial charge in [0.2, 0.25) is 0 Å². The highest BCUT2D eigenvalue weighted by atomic mass is 32.2. The molecule has 0 spiro atoms. The lowest BCUT2D eigenvalue weighted by molar-refractivity contribution is 0.0696. The predicted octanol–water partition coefficient (Wildman–Crippen LogP) is 2.56. The highest BCUT2D eigenvalue weighted by Crippen LogP contribution is 2.24. The van der Waals surface area contributed by atoms with E-state index in [1.807, 2.05) is 0 Å². The Kier molecular flexibility index (Phi) is 5.14. The van der Waals surface area contributed by atoms with Crippen molar-refractivity contribution in [3.63, 3.8) is 0 Å². The van der Waals surface area contributed by atoms with Gasteiger partial charge in [-0.05, 0) is 36.6 Å². The summed E-state index contributed by atoms with van der Waals surface area (Å²) in [5.74, 6) is -0.935. The topological polar surface area (TPSA) is 75.3 Å². The van der Waals surface area contributed by atoms with Gasteiger partial charge in [0, 0.05) is 17.1 Å². The van der Waals surface area contributed by atoms with Crippen LogP contribution in [-0.2, 0) is 0 Å². The number of benzene rings is 1. The number of carbonyl (C=O) groups is 1. The van der Waals surface area contributed by atoms with E-state index in [4.69, 9.17) is 10.2 Å². The fourth-order valence-corrected chi connectivity index (χ4v) is 1.76. The number of unbranched alkanes of at least 4 members (excludes halogenated alkanes) is 1. The number of rotatable bonds is 6. The molecule has 0 radical (unpaired) electrons. The van der Waals surface area contributed by atoms with E-state index in [-0.39, 0.29) is 5.56 Å². The molecule has 0 bridgehead atoms. The normalized spacial score (nSPS) is 10.1. The second kappa shape index (κ2) is 6.40. The van der Waals surface area contributed by atoms with Gasteiger partial charge in [-0.1, -0.05) is 13.3 Å². The van der Waals surface area contributed by atoms with Crippen LogP contribution in [0.25, 0.3) is 0 Å². The molecular formula is C11H16N2O2S. The molecule has 0 heterocycles. The lowest BCUT2D eigenvalue weighted by Gasteiger charge is -2.10. The molecule has 0 saturated heterocycles. The molecule has 0 aliphatic rings. The van der Waals surface area contributed by atoms with Crippen LogP contribution in [0.4, 0.5) is 5.69 Å². The fraction of sp³-hybridized carbons (Fsp3) is 0.364. The fourth-order valence-electron chi connectivity index (χ4n) is 1.30. The summed E-state index contributed by atoms with van der Waals surface area (Å²) in [7, 11) is 0. The SMILES string of the molecule is CCCCNc1ccc(C(=O)O)cc1SN. The lowest BCUT2D eigenvalue weighted by Crippen LogP contribution is -2.04. The molecule has 4 nitrogen and oxygen atoms in total. The Hall–Kier alpha value is -1.20. The van der Waals surface area contributed by atoms with E-state index in [0.717, 1.165) is 41.9 Å². The molecule has 0 aliphatic heterocycles. The van der Waals surface area contributed by atoms with Gasteiger partial charge in [0.15, 0.2) is 0 Å². The van der Waals surface area contributed by atoms with Crippen LogP contribution in [0, 0.1) is 0 Å². The van der Waals surface area contributed by atoms with Crippen LogP contribution in [0.5, 0.6) is 0 Å². The third-order valence-electron chi connectivity index (χ3n) is 2.20. The van der Waals surface area contributed by atoms with Crippen LogP contribution in [0.1, 0.15) is 30.1 Å². The van der Waals surface area contributed by atoms with Crippen LogP contribution in [0.2, 0.25) is 0 Å². The Labute approximate surface area is 99.4 Å². The average Bonchev–Trinajstić information content (AvgIpc) is 2.29. The quantitative estimate of drug-likeness (QED) is 0.526. The van der Waals surface area contributed by atoms with Gasteiger partial charge in [-0.25, -0.2) is 4.79 Å². The summed E-state index contributed by atoms with van der Waals surface area (Å²) < 4.78 is 0. The zero-order valence-electron chi connectivity index (χ0n) is 9.19. The number of carboxylic acids is 1. The van der Waals surface area contributed by atoms with Crippen LogP contribution < -0.4 is 10.5 Å². The molecule has 0 unspecified atom stereocenters.